The van der Waals surface area contributed by atoms with Gasteiger partial charge in [0.2, 0.25) is 0 Å². The van der Waals surface area contributed by atoms with Crippen LogP contribution in [-0.4, -0.2) is 9.55 Å². The molecule has 0 fully saturated rings. The molecular weight excluding hydrogens is 196 g/mol. The SMILES string of the molecule is C=CCCCn1c(CC)nc2ccccc21. The molecule has 16 heavy (non-hydrogen) atoms. The van der Waals surface area contributed by atoms with Crippen molar-refractivity contribution in [2.75, 3.05) is 0 Å². The smallest absolute Gasteiger partial charge is 0.109 e. The van der Waals surface area contributed by atoms with Gasteiger partial charge in [0.1, 0.15) is 5.82 Å². The van der Waals surface area contributed by atoms with Crippen molar-refractivity contribution < 1.29 is 0 Å². The van der Waals surface area contributed by atoms with E-state index in [1.165, 1.54) is 11.3 Å². The van der Waals surface area contributed by atoms with E-state index in [1.54, 1.807) is 0 Å². The molecule has 2 aromatic rings. The van der Waals surface area contributed by atoms with E-state index in [2.05, 4.69) is 41.3 Å². The third-order valence-corrected chi connectivity index (χ3v) is 2.84. The summed E-state index contributed by atoms with van der Waals surface area (Å²) in [6.45, 7) is 6.95. The predicted octanol–water partition coefficient (Wildman–Crippen LogP) is 3.56. The van der Waals surface area contributed by atoms with Gasteiger partial charge in [0.15, 0.2) is 0 Å². The molecule has 2 heteroatoms. The molecule has 0 amide bonds. The summed E-state index contributed by atoms with van der Waals surface area (Å²) in [6.07, 6.45) is 5.17. The molecule has 0 saturated heterocycles. The molecule has 0 atom stereocenters. The molecule has 0 aliphatic rings. The summed E-state index contributed by atoms with van der Waals surface area (Å²) in [6, 6.07) is 8.35. The average Bonchev–Trinajstić information content (AvgIpc) is 2.68. The topological polar surface area (TPSA) is 17.8 Å². The number of nitrogens with zero attached hydrogens (tertiary/aromatic N) is 2. The molecule has 1 aromatic heterocycles. The second-order valence-corrected chi connectivity index (χ2v) is 3.95. The Kier molecular flexibility index (Phi) is 3.40. The minimum absolute atomic E-state index is 0.989. The zero-order valence-electron chi connectivity index (χ0n) is 9.82. The van der Waals surface area contributed by atoms with Gasteiger partial charge < -0.3 is 4.57 Å². The first-order valence-electron chi connectivity index (χ1n) is 5.92. The standard InChI is InChI=1S/C14H18N2/c1-3-5-8-11-16-13-10-7-6-9-12(13)15-14(16)4-2/h3,6-7,9-10H,1,4-5,8,11H2,2H3. The van der Waals surface area contributed by atoms with Crippen LogP contribution in [0.3, 0.4) is 0 Å². The third-order valence-electron chi connectivity index (χ3n) is 2.84. The molecule has 84 valence electrons. The number of imidazole rings is 1. The summed E-state index contributed by atoms with van der Waals surface area (Å²) >= 11 is 0. The van der Waals surface area contributed by atoms with Crippen LogP contribution in [0.5, 0.6) is 0 Å². The molecule has 0 spiro atoms. The van der Waals surface area contributed by atoms with Gasteiger partial charge >= 0.3 is 0 Å². The van der Waals surface area contributed by atoms with Gasteiger partial charge in [0.05, 0.1) is 11.0 Å². The van der Waals surface area contributed by atoms with Crippen molar-refractivity contribution in [3.05, 3.63) is 42.7 Å². The second kappa shape index (κ2) is 4.97. The second-order valence-electron chi connectivity index (χ2n) is 3.95. The number of aromatic nitrogens is 2. The Hall–Kier alpha value is -1.57. The fourth-order valence-corrected chi connectivity index (χ4v) is 2.04. The lowest BCUT2D eigenvalue weighted by atomic mass is 10.3. The zero-order chi connectivity index (χ0) is 11.4. The van der Waals surface area contributed by atoms with Crippen LogP contribution in [0.1, 0.15) is 25.6 Å². The van der Waals surface area contributed by atoms with Crippen LogP contribution >= 0.6 is 0 Å². The highest BCUT2D eigenvalue weighted by molar-refractivity contribution is 5.75. The Morgan fingerprint density at radius 2 is 2.19 bits per heavy atom. The van der Waals surface area contributed by atoms with Crippen molar-refractivity contribution in [2.45, 2.75) is 32.7 Å². The quantitative estimate of drug-likeness (QED) is 0.549. The Morgan fingerprint density at radius 1 is 1.38 bits per heavy atom. The summed E-state index contributed by atoms with van der Waals surface area (Å²) in [4.78, 5) is 4.65. The van der Waals surface area contributed by atoms with Crippen molar-refractivity contribution in [3.8, 4) is 0 Å². The van der Waals surface area contributed by atoms with Crippen LogP contribution in [-0.2, 0) is 13.0 Å². The minimum atomic E-state index is 0.989. The van der Waals surface area contributed by atoms with Crippen LogP contribution in [0.2, 0.25) is 0 Å². The van der Waals surface area contributed by atoms with E-state index in [1.807, 2.05) is 12.1 Å². The number of unbranched alkanes of at least 4 members (excludes halogenated alkanes) is 1. The van der Waals surface area contributed by atoms with Crippen molar-refractivity contribution in [3.63, 3.8) is 0 Å². The first-order chi connectivity index (χ1) is 7.86. The monoisotopic (exact) mass is 214 g/mol. The van der Waals surface area contributed by atoms with Gasteiger partial charge in [-0.05, 0) is 25.0 Å². The molecule has 0 aliphatic heterocycles. The summed E-state index contributed by atoms with van der Waals surface area (Å²) in [7, 11) is 0. The van der Waals surface area contributed by atoms with Crippen molar-refractivity contribution in [1.29, 1.82) is 0 Å². The Morgan fingerprint density at radius 3 is 2.94 bits per heavy atom. The van der Waals surface area contributed by atoms with Crippen LogP contribution in [0.4, 0.5) is 0 Å². The highest BCUT2D eigenvalue weighted by Gasteiger charge is 2.07. The number of hydrogen-bond donors (Lipinski definition) is 0. The van der Waals surface area contributed by atoms with Gasteiger partial charge in [-0.15, -0.1) is 6.58 Å². The van der Waals surface area contributed by atoms with Crippen molar-refractivity contribution >= 4 is 11.0 Å². The Bertz CT molecular complexity index is 482. The van der Waals surface area contributed by atoms with E-state index in [0.29, 0.717) is 0 Å². The van der Waals surface area contributed by atoms with Gasteiger partial charge in [0.25, 0.3) is 0 Å². The average molecular weight is 214 g/mol. The van der Waals surface area contributed by atoms with Crippen LogP contribution in [0.15, 0.2) is 36.9 Å². The summed E-state index contributed by atoms with van der Waals surface area (Å²) in [5, 5.41) is 0. The summed E-state index contributed by atoms with van der Waals surface area (Å²) in [5.41, 5.74) is 2.36. The fourth-order valence-electron chi connectivity index (χ4n) is 2.04. The van der Waals surface area contributed by atoms with Crippen LogP contribution in [0.25, 0.3) is 11.0 Å². The first kappa shape index (κ1) is 10.9. The molecule has 1 heterocycles. The van der Waals surface area contributed by atoms with E-state index < -0.39 is 0 Å². The maximum atomic E-state index is 4.65. The molecule has 1 aromatic carbocycles. The zero-order valence-corrected chi connectivity index (χ0v) is 9.82. The fraction of sp³-hybridized carbons (Fsp3) is 0.357. The van der Waals surface area contributed by atoms with Crippen molar-refractivity contribution in [1.82, 2.24) is 9.55 Å². The van der Waals surface area contributed by atoms with E-state index in [-0.39, 0.29) is 0 Å². The first-order valence-corrected chi connectivity index (χ1v) is 5.92. The Labute approximate surface area is 96.6 Å². The molecule has 0 unspecified atom stereocenters. The lowest BCUT2D eigenvalue weighted by Gasteiger charge is -2.06. The van der Waals surface area contributed by atoms with Crippen LogP contribution < -0.4 is 0 Å². The normalized spacial score (nSPS) is 10.8. The minimum Gasteiger partial charge on any atom is -0.328 e. The number of aryl methyl sites for hydroxylation is 2. The Balaban J connectivity index is 2.35. The molecule has 0 radical (unpaired) electrons. The summed E-state index contributed by atoms with van der Waals surface area (Å²) < 4.78 is 2.33. The number of rotatable bonds is 5. The van der Waals surface area contributed by atoms with Gasteiger partial charge in [-0.2, -0.15) is 0 Å². The van der Waals surface area contributed by atoms with Gasteiger partial charge in [0, 0.05) is 13.0 Å². The van der Waals surface area contributed by atoms with Crippen LogP contribution in [0, 0.1) is 0 Å². The highest BCUT2D eigenvalue weighted by atomic mass is 15.1. The highest BCUT2D eigenvalue weighted by Crippen LogP contribution is 2.17. The molecule has 0 saturated carbocycles. The predicted molar refractivity (Wildman–Crippen MR) is 68.5 cm³/mol. The van der Waals surface area contributed by atoms with Gasteiger partial charge in [-0.25, -0.2) is 4.98 Å². The molecular formula is C14H18N2. The summed E-state index contributed by atoms with van der Waals surface area (Å²) in [5.74, 6) is 1.19. The number of para-hydroxylation sites is 2. The van der Waals surface area contributed by atoms with Gasteiger partial charge in [-0.3, -0.25) is 0 Å². The molecule has 2 nitrogen and oxygen atoms in total. The molecule has 0 bridgehead atoms. The molecule has 0 aliphatic carbocycles. The maximum Gasteiger partial charge on any atom is 0.109 e. The van der Waals surface area contributed by atoms with Gasteiger partial charge in [-0.1, -0.05) is 25.1 Å². The third kappa shape index (κ3) is 2.01. The maximum absolute atomic E-state index is 4.65. The lowest BCUT2D eigenvalue weighted by molar-refractivity contribution is 0.635. The van der Waals surface area contributed by atoms with E-state index in [4.69, 9.17) is 0 Å². The van der Waals surface area contributed by atoms with E-state index in [0.717, 1.165) is 31.3 Å². The lowest BCUT2D eigenvalue weighted by Crippen LogP contribution is -2.02. The van der Waals surface area contributed by atoms with E-state index in [9.17, 15) is 0 Å². The largest absolute Gasteiger partial charge is 0.328 e. The molecule has 0 N–H and O–H groups in total. The number of benzene rings is 1. The van der Waals surface area contributed by atoms with E-state index >= 15 is 0 Å². The van der Waals surface area contributed by atoms with Crippen molar-refractivity contribution in [2.24, 2.45) is 0 Å². The molecule has 2 rings (SSSR count). The number of allylic oxidation sites excluding steroid dienone is 1. The number of hydrogen-bond acceptors (Lipinski definition) is 1. The number of fused-ring (bicyclic) bond motifs is 1.